The molecule has 1 heterocycles. The molecule has 1 N–H and O–H groups in total. The van der Waals surface area contributed by atoms with Crippen LogP contribution in [0.4, 0.5) is 4.79 Å². The number of rotatable bonds is 9. The normalized spacial score (nSPS) is 21.3. The fourth-order valence-corrected chi connectivity index (χ4v) is 3.79. The Labute approximate surface area is 189 Å². The Kier molecular flexibility index (Phi) is 7.85. The van der Waals surface area contributed by atoms with Gasteiger partial charge in [-0.05, 0) is 25.0 Å². The number of ether oxygens (including phenoxy) is 3. The van der Waals surface area contributed by atoms with E-state index in [0.717, 1.165) is 11.1 Å². The highest BCUT2D eigenvalue weighted by molar-refractivity contribution is 5.68. The number of benzene rings is 2. The van der Waals surface area contributed by atoms with Crippen LogP contribution in [0, 0.1) is 0 Å². The Balaban J connectivity index is 1.88. The Morgan fingerprint density at radius 3 is 2.16 bits per heavy atom. The van der Waals surface area contributed by atoms with Gasteiger partial charge in [-0.1, -0.05) is 72.8 Å². The van der Waals surface area contributed by atoms with E-state index in [2.05, 4.69) is 13.2 Å². The number of hydrogen-bond acceptors (Lipinski definition) is 5. The van der Waals surface area contributed by atoms with Gasteiger partial charge in [0, 0.05) is 6.54 Å². The SMILES string of the molecule is C=C[C@H]([C@H]1OC(C)(C)O[C@H]1[C@@H](O)C=C)N(Cc1ccccc1)C(=O)OCc1ccccc1. The molecule has 1 amide bonds. The quantitative estimate of drug-likeness (QED) is 0.587. The molecule has 0 unspecified atom stereocenters. The lowest BCUT2D eigenvalue weighted by molar-refractivity contribution is -0.155. The fraction of sp³-hybridized carbons (Fsp3) is 0.346. The third-order valence-corrected chi connectivity index (χ3v) is 5.32. The molecule has 6 heteroatoms. The molecule has 0 radical (unpaired) electrons. The lowest BCUT2D eigenvalue weighted by Gasteiger charge is -2.35. The smallest absolute Gasteiger partial charge is 0.410 e. The molecule has 0 bridgehead atoms. The molecule has 1 aliphatic rings. The summed E-state index contributed by atoms with van der Waals surface area (Å²) in [7, 11) is 0. The predicted molar refractivity (Wildman–Crippen MR) is 123 cm³/mol. The first-order valence-electron chi connectivity index (χ1n) is 10.6. The molecule has 1 saturated heterocycles. The molecule has 4 atom stereocenters. The van der Waals surface area contributed by atoms with Crippen LogP contribution in [0.15, 0.2) is 86.0 Å². The van der Waals surface area contributed by atoms with Crippen LogP contribution in [-0.2, 0) is 27.4 Å². The van der Waals surface area contributed by atoms with Crippen molar-refractivity contribution in [3.63, 3.8) is 0 Å². The summed E-state index contributed by atoms with van der Waals surface area (Å²) in [5.74, 6) is -0.938. The second kappa shape index (κ2) is 10.6. The zero-order valence-electron chi connectivity index (χ0n) is 18.6. The van der Waals surface area contributed by atoms with Gasteiger partial charge < -0.3 is 19.3 Å². The highest BCUT2D eigenvalue weighted by Crippen LogP contribution is 2.34. The van der Waals surface area contributed by atoms with Crippen LogP contribution in [0.5, 0.6) is 0 Å². The van der Waals surface area contributed by atoms with Gasteiger partial charge in [0.15, 0.2) is 5.79 Å². The summed E-state index contributed by atoms with van der Waals surface area (Å²) < 4.78 is 17.7. The van der Waals surface area contributed by atoms with Crippen molar-refractivity contribution in [2.75, 3.05) is 0 Å². The third-order valence-electron chi connectivity index (χ3n) is 5.32. The van der Waals surface area contributed by atoms with Crippen LogP contribution in [-0.4, -0.2) is 46.2 Å². The van der Waals surface area contributed by atoms with Gasteiger partial charge in [-0.15, -0.1) is 13.2 Å². The number of hydrogen-bond donors (Lipinski definition) is 1. The summed E-state index contributed by atoms with van der Waals surface area (Å²) in [4.78, 5) is 14.8. The Morgan fingerprint density at radius 2 is 1.59 bits per heavy atom. The van der Waals surface area contributed by atoms with Crippen LogP contribution >= 0.6 is 0 Å². The first-order chi connectivity index (χ1) is 15.3. The number of amides is 1. The zero-order valence-corrected chi connectivity index (χ0v) is 18.6. The van der Waals surface area contributed by atoms with Gasteiger partial charge in [0.25, 0.3) is 0 Å². The predicted octanol–water partition coefficient (Wildman–Crippen LogP) is 4.45. The molecule has 32 heavy (non-hydrogen) atoms. The lowest BCUT2D eigenvalue weighted by Crippen LogP contribution is -2.51. The second-order valence-electron chi connectivity index (χ2n) is 8.17. The largest absolute Gasteiger partial charge is 0.445 e. The van der Waals surface area contributed by atoms with Crippen LogP contribution in [0.3, 0.4) is 0 Å². The fourth-order valence-electron chi connectivity index (χ4n) is 3.79. The van der Waals surface area contributed by atoms with E-state index in [-0.39, 0.29) is 13.2 Å². The average Bonchev–Trinajstić information content (AvgIpc) is 3.13. The molecule has 6 nitrogen and oxygen atoms in total. The van der Waals surface area contributed by atoms with Gasteiger partial charge in [-0.3, -0.25) is 4.90 Å². The highest BCUT2D eigenvalue weighted by Gasteiger charge is 2.49. The number of aliphatic hydroxyl groups is 1. The van der Waals surface area contributed by atoms with Gasteiger partial charge in [0.2, 0.25) is 0 Å². The molecule has 0 aliphatic carbocycles. The Bertz CT molecular complexity index is 899. The summed E-state index contributed by atoms with van der Waals surface area (Å²) in [5, 5.41) is 10.5. The molecular formula is C26H31NO5. The minimum Gasteiger partial charge on any atom is -0.445 e. The molecule has 1 aliphatic heterocycles. The van der Waals surface area contributed by atoms with Crippen molar-refractivity contribution in [1.29, 1.82) is 0 Å². The molecule has 170 valence electrons. The van der Waals surface area contributed by atoms with E-state index >= 15 is 0 Å². The van der Waals surface area contributed by atoms with Gasteiger partial charge in [0.05, 0.1) is 6.04 Å². The summed E-state index contributed by atoms with van der Waals surface area (Å²) in [6, 6.07) is 18.5. The van der Waals surface area contributed by atoms with Crippen LogP contribution in [0.2, 0.25) is 0 Å². The van der Waals surface area contributed by atoms with E-state index in [1.165, 1.54) is 6.08 Å². The molecule has 2 aromatic carbocycles. The molecule has 0 saturated carbocycles. The maximum atomic E-state index is 13.3. The maximum Gasteiger partial charge on any atom is 0.410 e. The Hall–Kier alpha value is -2.93. The first-order valence-corrected chi connectivity index (χ1v) is 10.6. The molecule has 0 spiro atoms. The topological polar surface area (TPSA) is 68.2 Å². The standard InChI is InChI=1S/C26H31NO5/c1-5-21(23-24(22(28)6-2)32-26(3,4)31-23)27(17-19-13-9-7-10-14-19)25(29)30-18-20-15-11-8-12-16-20/h5-16,21-24,28H,1-2,17-18H2,3-4H3/t21-,22+,23-,24+/m1/s1. The van der Waals surface area contributed by atoms with Crippen molar-refractivity contribution >= 4 is 6.09 Å². The number of carbonyl (C=O) groups is 1. The lowest BCUT2D eigenvalue weighted by atomic mass is 9.99. The van der Waals surface area contributed by atoms with Crippen LogP contribution < -0.4 is 0 Å². The molecule has 3 rings (SSSR count). The van der Waals surface area contributed by atoms with E-state index in [9.17, 15) is 9.90 Å². The van der Waals surface area contributed by atoms with E-state index in [4.69, 9.17) is 14.2 Å². The first kappa shape index (κ1) is 23.7. The van der Waals surface area contributed by atoms with E-state index in [1.807, 2.05) is 60.7 Å². The maximum absolute atomic E-state index is 13.3. The highest BCUT2D eigenvalue weighted by atomic mass is 16.8. The minimum absolute atomic E-state index is 0.140. The summed E-state index contributed by atoms with van der Waals surface area (Å²) in [6.07, 6.45) is 0.170. The molecule has 1 fully saturated rings. The summed E-state index contributed by atoms with van der Waals surface area (Å²) in [6.45, 7) is 11.6. The van der Waals surface area contributed by atoms with E-state index in [1.54, 1.807) is 24.8 Å². The summed E-state index contributed by atoms with van der Waals surface area (Å²) >= 11 is 0. The molecular weight excluding hydrogens is 406 g/mol. The summed E-state index contributed by atoms with van der Waals surface area (Å²) in [5.41, 5.74) is 1.81. The van der Waals surface area contributed by atoms with Gasteiger partial charge >= 0.3 is 6.09 Å². The van der Waals surface area contributed by atoms with Crippen molar-refractivity contribution in [1.82, 2.24) is 4.90 Å². The van der Waals surface area contributed by atoms with E-state index < -0.39 is 36.2 Å². The van der Waals surface area contributed by atoms with Gasteiger partial charge in [-0.2, -0.15) is 0 Å². The van der Waals surface area contributed by atoms with Crippen LogP contribution in [0.1, 0.15) is 25.0 Å². The number of nitrogens with zero attached hydrogens (tertiary/aromatic N) is 1. The molecule has 0 aromatic heterocycles. The van der Waals surface area contributed by atoms with E-state index in [0.29, 0.717) is 0 Å². The third kappa shape index (κ3) is 5.85. The van der Waals surface area contributed by atoms with Gasteiger partial charge in [-0.25, -0.2) is 4.79 Å². The van der Waals surface area contributed by atoms with Crippen LogP contribution in [0.25, 0.3) is 0 Å². The average molecular weight is 438 g/mol. The van der Waals surface area contributed by atoms with Crippen molar-refractivity contribution in [3.8, 4) is 0 Å². The van der Waals surface area contributed by atoms with Crippen molar-refractivity contribution in [3.05, 3.63) is 97.1 Å². The minimum atomic E-state index is -0.969. The monoisotopic (exact) mass is 437 g/mol. The van der Waals surface area contributed by atoms with Crippen molar-refractivity contribution < 1.29 is 24.1 Å². The second-order valence-corrected chi connectivity index (χ2v) is 8.17. The van der Waals surface area contributed by atoms with Gasteiger partial charge in [0.1, 0.15) is 24.9 Å². The number of carbonyl (C=O) groups excluding carboxylic acids is 1. The zero-order chi connectivity index (χ0) is 23.1. The Morgan fingerprint density at radius 1 is 1.03 bits per heavy atom. The van der Waals surface area contributed by atoms with Crippen molar-refractivity contribution in [2.45, 2.75) is 57.1 Å². The molecule has 2 aromatic rings. The van der Waals surface area contributed by atoms with Crippen molar-refractivity contribution in [2.24, 2.45) is 0 Å². The number of aliphatic hydroxyl groups excluding tert-OH is 1.